The van der Waals surface area contributed by atoms with Crippen LogP contribution >= 0.6 is 0 Å². The number of rotatable bonds is 8. The van der Waals surface area contributed by atoms with Gasteiger partial charge in [0.15, 0.2) is 0 Å². The molecule has 1 aromatic carbocycles. The largest absolute Gasteiger partial charge is 0.366 e. The van der Waals surface area contributed by atoms with Gasteiger partial charge in [0.25, 0.3) is 5.69 Å². The first-order chi connectivity index (χ1) is 13.6. The Morgan fingerprint density at radius 2 is 1.89 bits per heavy atom. The number of hydrogen-bond acceptors (Lipinski definition) is 7. The molecule has 0 amide bonds. The maximum absolute atomic E-state index is 11.2. The molecule has 0 aliphatic heterocycles. The third kappa shape index (κ3) is 4.79. The van der Waals surface area contributed by atoms with Crippen molar-refractivity contribution in [3.05, 3.63) is 70.5 Å². The van der Waals surface area contributed by atoms with Crippen LogP contribution in [0.5, 0.6) is 0 Å². The lowest BCUT2D eigenvalue weighted by Gasteiger charge is -2.14. The number of nitro benzene ring substituents is 1. The molecule has 3 aromatic rings. The number of nitrogens with one attached hydrogen (secondary N) is 2. The molecule has 0 unspecified atom stereocenters. The van der Waals surface area contributed by atoms with Crippen LogP contribution in [-0.2, 0) is 6.54 Å². The molecule has 0 saturated heterocycles. The summed E-state index contributed by atoms with van der Waals surface area (Å²) >= 11 is 0. The number of benzene rings is 1. The average molecular weight is 378 g/mol. The van der Waals surface area contributed by atoms with E-state index in [0.29, 0.717) is 17.3 Å². The maximum Gasteiger partial charge on any atom is 0.274 e. The lowest BCUT2D eigenvalue weighted by Crippen LogP contribution is -2.16. The fraction of sp³-hybridized carbons (Fsp3) is 0.250. The van der Waals surface area contributed by atoms with Crippen molar-refractivity contribution < 1.29 is 4.92 Å². The van der Waals surface area contributed by atoms with Gasteiger partial charge in [-0.1, -0.05) is 25.1 Å². The van der Waals surface area contributed by atoms with Crippen molar-refractivity contribution in [3.63, 3.8) is 0 Å². The molecular weight excluding hydrogens is 356 g/mol. The topological polar surface area (TPSA) is 106 Å². The highest BCUT2D eigenvalue weighted by Gasteiger charge is 2.13. The highest BCUT2D eigenvalue weighted by atomic mass is 16.6. The number of aromatic nitrogens is 3. The number of nitro groups is 1. The van der Waals surface area contributed by atoms with Crippen LogP contribution in [0.2, 0.25) is 0 Å². The first-order valence-corrected chi connectivity index (χ1v) is 9.09. The maximum atomic E-state index is 11.2. The Hall–Kier alpha value is -3.55. The number of nitrogens with zero attached hydrogens (tertiary/aromatic N) is 4. The van der Waals surface area contributed by atoms with Crippen molar-refractivity contribution in [3.8, 4) is 11.3 Å². The highest BCUT2D eigenvalue weighted by Crippen LogP contribution is 2.23. The van der Waals surface area contributed by atoms with E-state index in [2.05, 4.69) is 39.4 Å². The highest BCUT2D eigenvalue weighted by molar-refractivity contribution is 5.64. The van der Waals surface area contributed by atoms with Gasteiger partial charge in [0.2, 0.25) is 5.95 Å². The third-order valence-electron chi connectivity index (χ3n) is 4.34. The number of hydrogen-bond donors (Lipinski definition) is 2. The van der Waals surface area contributed by atoms with Gasteiger partial charge in [-0.15, -0.1) is 0 Å². The van der Waals surface area contributed by atoms with Crippen molar-refractivity contribution in [2.75, 3.05) is 10.6 Å². The molecule has 0 fully saturated rings. The molecule has 8 heteroatoms. The van der Waals surface area contributed by atoms with E-state index in [4.69, 9.17) is 0 Å². The summed E-state index contributed by atoms with van der Waals surface area (Å²) < 4.78 is 0. The Labute approximate surface area is 163 Å². The molecule has 0 aliphatic rings. The molecule has 3 rings (SSSR count). The predicted molar refractivity (Wildman–Crippen MR) is 109 cm³/mol. The van der Waals surface area contributed by atoms with E-state index < -0.39 is 0 Å². The molecular formula is C20H22N6O2. The van der Waals surface area contributed by atoms with E-state index in [9.17, 15) is 10.1 Å². The van der Waals surface area contributed by atoms with Gasteiger partial charge in [-0.25, -0.2) is 4.98 Å². The Morgan fingerprint density at radius 1 is 1.14 bits per heavy atom. The summed E-state index contributed by atoms with van der Waals surface area (Å²) in [4.78, 5) is 24.0. The predicted octanol–water partition coefficient (Wildman–Crippen LogP) is 4.27. The zero-order valence-corrected chi connectivity index (χ0v) is 15.8. The molecule has 2 aromatic heterocycles. The number of anilines is 2. The van der Waals surface area contributed by atoms with Crippen LogP contribution in [0.15, 0.2) is 54.9 Å². The minimum atomic E-state index is -0.380. The van der Waals surface area contributed by atoms with E-state index in [1.165, 1.54) is 6.07 Å². The molecule has 0 radical (unpaired) electrons. The molecule has 0 saturated carbocycles. The molecule has 144 valence electrons. The van der Waals surface area contributed by atoms with Gasteiger partial charge in [-0.2, -0.15) is 4.98 Å². The van der Waals surface area contributed by atoms with Gasteiger partial charge >= 0.3 is 0 Å². The summed E-state index contributed by atoms with van der Waals surface area (Å²) in [6, 6.07) is 12.5. The fourth-order valence-electron chi connectivity index (χ4n) is 2.62. The molecule has 0 bridgehead atoms. The Balaban J connectivity index is 1.89. The fourth-order valence-corrected chi connectivity index (χ4v) is 2.62. The van der Waals surface area contributed by atoms with Crippen molar-refractivity contribution in [2.45, 2.75) is 32.9 Å². The standard InChI is InChI=1S/C20H22N6O2/c1-3-14(2)23-20-24-17(15-8-10-21-11-9-15)12-19(25-20)22-13-16-6-4-5-7-18(16)26(27)28/h4-12,14H,3,13H2,1-2H3,(H2,22,23,24,25)/t14-/m1/s1. The minimum Gasteiger partial charge on any atom is -0.366 e. The first kappa shape index (κ1) is 19.2. The van der Waals surface area contributed by atoms with Gasteiger partial charge in [-0.05, 0) is 25.5 Å². The monoisotopic (exact) mass is 378 g/mol. The summed E-state index contributed by atoms with van der Waals surface area (Å²) in [6.07, 6.45) is 4.35. The zero-order valence-electron chi connectivity index (χ0n) is 15.8. The van der Waals surface area contributed by atoms with Crippen molar-refractivity contribution >= 4 is 17.5 Å². The van der Waals surface area contributed by atoms with Gasteiger partial charge in [-0.3, -0.25) is 15.1 Å². The zero-order chi connectivity index (χ0) is 19.9. The Bertz CT molecular complexity index is 948. The summed E-state index contributed by atoms with van der Waals surface area (Å²) in [5.41, 5.74) is 2.33. The molecule has 2 heterocycles. The Morgan fingerprint density at radius 3 is 2.61 bits per heavy atom. The third-order valence-corrected chi connectivity index (χ3v) is 4.34. The van der Waals surface area contributed by atoms with Crippen LogP contribution in [0, 0.1) is 10.1 Å². The van der Waals surface area contributed by atoms with Gasteiger partial charge in [0.05, 0.1) is 10.6 Å². The minimum absolute atomic E-state index is 0.0800. The lowest BCUT2D eigenvalue weighted by atomic mass is 10.1. The quantitative estimate of drug-likeness (QED) is 0.445. The van der Waals surface area contributed by atoms with Crippen molar-refractivity contribution in [2.24, 2.45) is 0 Å². The Kier molecular flexibility index (Phi) is 6.11. The van der Waals surface area contributed by atoms with Crippen LogP contribution in [0.4, 0.5) is 17.5 Å². The van der Waals surface area contributed by atoms with Gasteiger partial charge in [0.1, 0.15) is 5.82 Å². The van der Waals surface area contributed by atoms with Crippen LogP contribution in [0.25, 0.3) is 11.3 Å². The average Bonchev–Trinajstić information content (AvgIpc) is 2.72. The molecule has 1 atom stereocenters. The smallest absolute Gasteiger partial charge is 0.274 e. The van der Waals surface area contributed by atoms with Gasteiger partial charge < -0.3 is 10.6 Å². The second-order valence-electron chi connectivity index (χ2n) is 6.39. The van der Waals surface area contributed by atoms with Crippen LogP contribution in [-0.4, -0.2) is 25.9 Å². The SMILES string of the molecule is CC[C@@H](C)Nc1nc(NCc2ccccc2[N+](=O)[O-])cc(-c2ccncc2)n1. The first-order valence-electron chi connectivity index (χ1n) is 9.09. The van der Waals surface area contributed by atoms with Gasteiger partial charge in [0, 0.05) is 48.2 Å². The molecule has 0 spiro atoms. The van der Waals surface area contributed by atoms with Crippen LogP contribution < -0.4 is 10.6 Å². The van der Waals surface area contributed by atoms with Crippen LogP contribution in [0.1, 0.15) is 25.8 Å². The summed E-state index contributed by atoms with van der Waals surface area (Å²) in [6.45, 7) is 4.42. The van der Waals surface area contributed by atoms with E-state index in [-0.39, 0.29) is 23.2 Å². The van der Waals surface area contributed by atoms with Crippen molar-refractivity contribution in [1.29, 1.82) is 0 Å². The second-order valence-corrected chi connectivity index (χ2v) is 6.39. The normalized spacial score (nSPS) is 11.6. The van der Waals surface area contributed by atoms with E-state index in [1.54, 1.807) is 30.6 Å². The van der Waals surface area contributed by atoms with E-state index in [0.717, 1.165) is 17.7 Å². The molecule has 0 aliphatic carbocycles. The summed E-state index contributed by atoms with van der Waals surface area (Å²) in [7, 11) is 0. The number of pyridine rings is 1. The molecule has 2 N–H and O–H groups in total. The summed E-state index contributed by atoms with van der Waals surface area (Å²) in [5, 5.41) is 17.7. The number of para-hydroxylation sites is 1. The lowest BCUT2D eigenvalue weighted by molar-refractivity contribution is -0.385. The molecule has 8 nitrogen and oxygen atoms in total. The molecule has 28 heavy (non-hydrogen) atoms. The van der Waals surface area contributed by atoms with E-state index in [1.807, 2.05) is 18.2 Å². The summed E-state index contributed by atoms with van der Waals surface area (Å²) in [5.74, 6) is 1.10. The van der Waals surface area contributed by atoms with E-state index >= 15 is 0 Å². The van der Waals surface area contributed by atoms with Crippen molar-refractivity contribution in [1.82, 2.24) is 15.0 Å². The van der Waals surface area contributed by atoms with Crippen LogP contribution in [0.3, 0.4) is 0 Å². The second kappa shape index (κ2) is 8.90.